The van der Waals surface area contributed by atoms with E-state index in [0.29, 0.717) is 21.5 Å². The number of carboxylic acid groups (broad SMARTS) is 1. The third kappa shape index (κ3) is 3.61. The molecule has 0 aliphatic heterocycles. The molecular weight excluding hydrogens is 338 g/mol. The number of hydrogen-bond acceptors (Lipinski definition) is 3. The molecular formula is C15H12BrNO4. The summed E-state index contributed by atoms with van der Waals surface area (Å²) >= 11 is 3.31. The van der Waals surface area contributed by atoms with Crippen LogP contribution < -0.4 is 10.1 Å². The van der Waals surface area contributed by atoms with Crippen molar-refractivity contribution in [3.8, 4) is 5.75 Å². The lowest BCUT2D eigenvalue weighted by Gasteiger charge is -2.09. The summed E-state index contributed by atoms with van der Waals surface area (Å²) in [5.74, 6) is -0.753. The van der Waals surface area contributed by atoms with Gasteiger partial charge in [0.05, 0.1) is 18.2 Å². The minimum atomic E-state index is -1.01. The summed E-state index contributed by atoms with van der Waals surface area (Å²) in [6.07, 6.45) is 0. The third-order valence-electron chi connectivity index (χ3n) is 2.81. The molecule has 5 nitrogen and oxygen atoms in total. The highest BCUT2D eigenvalue weighted by Crippen LogP contribution is 2.23. The Labute approximate surface area is 129 Å². The molecule has 2 aromatic rings. The quantitative estimate of drug-likeness (QED) is 0.886. The van der Waals surface area contributed by atoms with Crippen LogP contribution in [0.2, 0.25) is 0 Å². The molecule has 0 radical (unpaired) electrons. The number of carboxylic acids is 1. The van der Waals surface area contributed by atoms with E-state index in [2.05, 4.69) is 21.2 Å². The largest absolute Gasteiger partial charge is 0.497 e. The van der Waals surface area contributed by atoms with Crippen LogP contribution in [-0.2, 0) is 0 Å². The molecule has 0 unspecified atom stereocenters. The molecule has 0 heterocycles. The monoisotopic (exact) mass is 349 g/mol. The van der Waals surface area contributed by atoms with Crippen LogP contribution in [0.5, 0.6) is 5.75 Å². The molecule has 108 valence electrons. The van der Waals surface area contributed by atoms with Crippen molar-refractivity contribution in [1.82, 2.24) is 0 Å². The van der Waals surface area contributed by atoms with Crippen molar-refractivity contribution in [3.05, 3.63) is 58.1 Å². The average molecular weight is 350 g/mol. The number of amides is 1. The van der Waals surface area contributed by atoms with Crippen LogP contribution in [0.4, 0.5) is 5.69 Å². The zero-order chi connectivity index (χ0) is 15.4. The number of carbonyl (C=O) groups is 2. The minimum absolute atomic E-state index is 0.163. The maximum Gasteiger partial charge on any atom is 0.335 e. The van der Waals surface area contributed by atoms with Gasteiger partial charge in [0.2, 0.25) is 0 Å². The number of aromatic carboxylic acids is 1. The molecule has 2 N–H and O–H groups in total. The normalized spacial score (nSPS) is 10.0. The van der Waals surface area contributed by atoms with Crippen LogP contribution in [0.3, 0.4) is 0 Å². The van der Waals surface area contributed by atoms with Crippen molar-refractivity contribution in [2.24, 2.45) is 0 Å². The van der Waals surface area contributed by atoms with Crippen LogP contribution >= 0.6 is 15.9 Å². The van der Waals surface area contributed by atoms with Gasteiger partial charge in [-0.25, -0.2) is 4.79 Å². The molecule has 2 rings (SSSR count). The van der Waals surface area contributed by atoms with Crippen molar-refractivity contribution in [1.29, 1.82) is 0 Å². The topological polar surface area (TPSA) is 75.6 Å². The van der Waals surface area contributed by atoms with Crippen molar-refractivity contribution in [2.45, 2.75) is 0 Å². The molecule has 2 aromatic carbocycles. The highest BCUT2D eigenvalue weighted by molar-refractivity contribution is 9.10. The number of anilines is 1. The minimum Gasteiger partial charge on any atom is -0.497 e. The lowest BCUT2D eigenvalue weighted by Crippen LogP contribution is -2.13. The molecule has 6 heteroatoms. The van der Waals surface area contributed by atoms with E-state index in [9.17, 15) is 9.59 Å². The fourth-order valence-electron chi connectivity index (χ4n) is 1.70. The first kappa shape index (κ1) is 15.1. The molecule has 0 aromatic heterocycles. The summed E-state index contributed by atoms with van der Waals surface area (Å²) in [6, 6.07) is 11.0. The first-order chi connectivity index (χ1) is 10.0. The van der Waals surface area contributed by atoms with Gasteiger partial charge in [0.15, 0.2) is 0 Å². The summed E-state index contributed by atoms with van der Waals surface area (Å²) in [6.45, 7) is 0. The van der Waals surface area contributed by atoms with Crippen molar-refractivity contribution in [3.63, 3.8) is 0 Å². The maximum atomic E-state index is 12.2. The fraction of sp³-hybridized carbons (Fsp3) is 0.0667. The van der Waals surface area contributed by atoms with Crippen molar-refractivity contribution < 1.29 is 19.4 Å². The molecule has 21 heavy (non-hydrogen) atoms. The molecule has 1 amide bonds. The standard InChI is InChI=1S/C15H12BrNO4/c1-21-11-6-7-13(16)12(8-11)14(18)17-10-4-2-9(3-5-10)15(19)20/h2-8H,1H3,(H,17,18)(H,19,20). The Bertz CT molecular complexity index is 683. The van der Waals surface area contributed by atoms with Gasteiger partial charge < -0.3 is 15.2 Å². The van der Waals surface area contributed by atoms with E-state index in [1.807, 2.05) is 0 Å². The number of ether oxygens (including phenoxy) is 1. The molecule has 0 aliphatic carbocycles. The van der Waals surface area contributed by atoms with E-state index >= 15 is 0 Å². The summed E-state index contributed by atoms with van der Waals surface area (Å²) in [7, 11) is 1.52. The zero-order valence-corrected chi connectivity index (χ0v) is 12.7. The second-order valence-corrected chi connectivity index (χ2v) is 5.04. The van der Waals surface area contributed by atoms with Gasteiger partial charge in [-0.2, -0.15) is 0 Å². The van der Waals surface area contributed by atoms with E-state index < -0.39 is 5.97 Å². The number of carbonyl (C=O) groups excluding carboxylic acids is 1. The Morgan fingerprint density at radius 2 is 1.81 bits per heavy atom. The van der Waals surface area contributed by atoms with Crippen LogP contribution in [0, 0.1) is 0 Å². The van der Waals surface area contributed by atoms with Gasteiger partial charge in [-0.05, 0) is 58.4 Å². The smallest absolute Gasteiger partial charge is 0.335 e. The van der Waals surface area contributed by atoms with Gasteiger partial charge >= 0.3 is 5.97 Å². The molecule has 0 bridgehead atoms. The highest BCUT2D eigenvalue weighted by atomic mass is 79.9. The number of rotatable bonds is 4. The van der Waals surface area contributed by atoms with Crippen molar-refractivity contribution in [2.75, 3.05) is 12.4 Å². The number of hydrogen-bond donors (Lipinski definition) is 2. The van der Waals surface area contributed by atoms with Crippen LogP contribution in [0.1, 0.15) is 20.7 Å². The van der Waals surface area contributed by atoms with Gasteiger partial charge in [0, 0.05) is 10.2 Å². The summed E-state index contributed by atoms with van der Waals surface area (Å²) < 4.78 is 5.73. The summed E-state index contributed by atoms with van der Waals surface area (Å²) in [5, 5.41) is 11.5. The molecule has 0 saturated heterocycles. The number of benzene rings is 2. The van der Waals surface area contributed by atoms with Crippen LogP contribution in [-0.4, -0.2) is 24.1 Å². The second-order valence-electron chi connectivity index (χ2n) is 4.18. The van der Waals surface area contributed by atoms with Gasteiger partial charge in [-0.3, -0.25) is 4.79 Å². The van der Waals surface area contributed by atoms with Crippen molar-refractivity contribution >= 4 is 33.5 Å². The zero-order valence-electron chi connectivity index (χ0n) is 11.1. The Hall–Kier alpha value is -2.34. The molecule has 0 fully saturated rings. The van der Waals surface area contributed by atoms with Crippen LogP contribution in [0.25, 0.3) is 0 Å². The maximum absolute atomic E-state index is 12.2. The van der Waals surface area contributed by atoms with E-state index in [1.165, 1.54) is 31.4 Å². The predicted octanol–water partition coefficient (Wildman–Crippen LogP) is 3.41. The number of methoxy groups -OCH3 is 1. The Morgan fingerprint density at radius 3 is 2.38 bits per heavy atom. The molecule has 0 spiro atoms. The van der Waals surface area contributed by atoms with Gasteiger partial charge in [-0.1, -0.05) is 0 Å². The Morgan fingerprint density at radius 1 is 1.14 bits per heavy atom. The molecule has 0 saturated carbocycles. The van der Waals surface area contributed by atoms with E-state index in [0.717, 1.165) is 0 Å². The lowest BCUT2D eigenvalue weighted by molar-refractivity contribution is 0.0696. The van der Waals surface area contributed by atoms with Gasteiger partial charge in [0.25, 0.3) is 5.91 Å². The SMILES string of the molecule is COc1ccc(Br)c(C(=O)Nc2ccc(C(=O)O)cc2)c1. The predicted molar refractivity (Wildman–Crippen MR) is 82.0 cm³/mol. The molecule has 0 aliphatic rings. The molecule has 0 atom stereocenters. The third-order valence-corrected chi connectivity index (χ3v) is 3.50. The Balaban J connectivity index is 2.19. The summed E-state index contributed by atoms with van der Waals surface area (Å²) in [4.78, 5) is 23.0. The first-order valence-corrected chi connectivity index (χ1v) is 6.79. The number of nitrogens with one attached hydrogen (secondary N) is 1. The average Bonchev–Trinajstić information content (AvgIpc) is 2.48. The Kier molecular flexibility index (Phi) is 4.59. The first-order valence-electron chi connectivity index (χ1n) is 5.99. The lowest BCUT2D eigenvalue weighted by atomic mass is 10.1. The van der Waals surface area contributed by atoms with Crippen LogP contribution in [0.15, 0.2) is 46.9 Å². The highest BCUT2D eigenvalue weighted by Gasteiger charge is 2.12. The van der Waals surface area contributed by atoms with E-state index in [1.54, 1.807) is 18.2 Å². The van der Waals surface area contributed by atoms with E-state index in [-0.39, 0.29) is 11.5 Å². The number of halogens is 1. The fourth-order valence-corrected chi connectivity index (χ4v) is 2.13. The van der Waals surface area contributed by atoms with E-state index in [4.69, 9.17) is 9.84 Å². The van der Waals surface area contributed by atoms with Gasteiger partial charge in [0.1, 0.15) is 5.75 Å². The summed E-state index contributed by atoms with van der Waals surface area (Å²) in [5.41, 5.74) is 1.10. The second kappa shape index (κ2) is 6.41. The van der Waals surface area contributed by atoms with Gasteiger partial charge in [-0.15, -0.1) is 0 Å².